The van der Waals surface area contributed by atoms with Crippen LogP contribution < -0.4 is 0 Å². The largest absolute Gasteiger partial charge is 0.490 e. The van der Waals surface area contributed by atoms with Crippen LogP contribution in [-0.2, 0) is 4.74 Å². The summed E-state index contributed by atoms with van der Waals surface area (Å²) in [5.74, 6) is 0. The van der Waals surface area contributed by atoms with Crippen molar-refractivity contribution in [3.63, 3.8) is 0 Å². The van der Waals surface area contributed by atoms with Gasteiger partial charge in [0.2, 0.25) is 0 Å². The SMILES string of the molecule is CCCCCCCCCC(C)(C)CCC(=S)OC. The first-order valence-electron chi connectivity index (χ1n) is 7.58. The number of hydrogen-bond acceptors (Lipinski definition) is 2. The highest BCUT2D eigenvalue weighted by Gasteiger charge is 2.17. The molecule has 0 aromatic carbocycles. The van der Waals surface area contributed by atoms with Gasteiger partial charge >= 0.3 is 0 Å². The van der Waals surface area contributed by atoms with Gasteiger partial charge in [-0.15, -0.1) is 0 Å². The first kappa shape index (κ1) is 17.9. The van der Waals surface area contributed by atoms with Crippen LogP contribution in [0.3, 0.4) is 0 Å². The zero-order valence-electron chi connectivity index (χ0n) is 12.9. The second-order valence-electron chi connectivity index (χ2n) is 6.11. The molecule has 0 radical (unpaired) electrons. The summed E-state index contributed by atoms with van der Waals surface area (Å²) < 4.78 is 5.06. The predicted molar refractivity (Wildman–Crippen MR) is 85.2 cm³/mol. The van der Waals surface area contributed by atoms with Gasteiger partial charge in [0, 0.05) is 6.42 Å². The van der Waals surface area contributed by atoms with E-state index < -0.39 is 0 Å². The Morgan fingerprint density at radius 3 is 2.06 bits per heavy atom. The summed E-state index contributed by atoms with van der Waals surface area (Å²) in [7, 11) is 1.67. The summed E-state index contributed by atoms with van der Waals surface area (Å²) in [4.78, 5) is 0. The van der Waals surface area contributed by atoms with Crippen LogP contribution >= 0.6 is 12.2 Å². The fourth-order valence-corrected chi connectivity index (χ4v) is 2.33. The summed E-state index contributed by atoms with van der Waals surface area (Å²) in [6, 6.07) is 0. The Labute approximate surface area is 120 Å². The molecule has 0 aromatic heterocycles. The molecule has 0 atom stereocenters. The van der Waals surface area contributed by atoms with Crippen LogP contribution in [0, 0.1) is 5.41 Å². The van der Waals surface area contributed by atoms with Crippen LogP contribution in [0.2, 0.25) is 0 Å². The van der Waals surface area contributed by atoms with Crippen LogP contribution in [-0.4, -0.2) is 12.2 Å². The van der Waals surface area contributed by atoms with Gasteiger partial charge in [0.05, 0.1) is 7.11 Å². The molecule has 0 heterocycles. The highest BCUT2D eigenvalue weighted by Crippen LogP contribution is 2.29. The van der Waals surface area contributed by atoms with Crippen LogP contribution in [0.25, 0.3) is 0 Å². The third kappa shape index (κ3) is 11.0. The van der Waals surface area contributed by atoms with E-state index in [2.05, 4.69) is 20.8 Å². The normalized spacial score (nSPS) is 11.6. The molecule has 0 spiro atoms. The van der Waals surface area contributed by atoms with Gasteiger partial charge in [0.25, 0.3) is 0 Å². The lowest BCUT2D eigenvalue weighted by Crippen LogP contribution is -2.13. The Kier molecular flexibility index (Phi) is 10.7. The van der Waals surface area contributed by atoms with Crippen LogP contribution in [0.5, 0.6) is 0 Å². The molecule has 0 aliphatic rings. The number of methoxy groups -OCH3 is 1. The molecular formula is C16H32OS. The van der Waals surface area contributed by atoms with E-state index in [9.17, 15) is 0 Å². The third-order valence-corrected chi connectivity index (χ3v) is 4.06. The van der Waals surface area contributed by atoms with Crippen molar-refractivity contribution in [2.24, 2.45) is 5.41 Å². The highest BCUT2D eigenvalue weighted by atomic mass is 32.1. The Bertz CT molecular complexity index is 211. The summed E-state index contributed by atoms with van der Waals surface area (Å²) >= 11 is 5.10. The minimum atomic E-state index is 0.409. The maximum Gasteiger partial charge on any atom is 0.159 e. The van der Waals surface area contributed by atoms with Crippen molar-refractivity contribution < 1.29 is 4.74 Å². The summed E-state index contributed by atoms with van der Waals surface area (Å²) in [5, 5.41) is 0.752. The first-order valence-corrected chi connectivity index (χ1v) is 7.99. The lowest BCUT2D eigenvalue weighted by Gasteiger charge is -2.24. The smallest absolute Gasteiger partial charge is 0.159 e. The third-order valence-electron chi connectivity index (χ3n) is 3.69. The Balaban J connectivity index is 3.49. The average Bonchev–Trinajstić information content (AvgIpc) is 2.35. The molecule has 0 rings (SSSR count). The number of ether oxygens (including phenoxy) is 1. The Morgan fingerprint density at radius 2 is 1.50 bits per heavy atom. The van der Waals surface area contributed by atoms with Gasteiger partial charge in [0.15, 0.2) is 5.05 Å². The minimum absolute atomic E-state index is 0.409. The second kappa shape index (κ2) is 10.8. The molecule has 0 aliphatic heterocycles. The molecule has 0 N–H and O–H groups in total. The zero-order valence-corrected chi connectivity index (χ0v) is 13.7. The maximum absolute atomic E-state index is 5.10. The number of rotatable bonds is 11. The van der Waals surface area contributed by atoms with Crippen molar-refractivity contribution in [3.05, 3.63) is 0 Å². The highest BCUT2D eigenvalue weighted by molar-refractivity contribution is 7.80. The monoisotopic (exact) mass is 272 g/mol. The molecule has 0 unspecified atom stereocenters. The maximum atomic E-state index is 5.10. The molecule has 18 heavy (non-hydrogen) atoms. The van der Waals surface area contributed by atoms with Gasteiger partial charge < -0.3 is 4.74 Å². The Morgan fingerprint density at radius 1 is 0.944 bits per heavy atom. The second-order valence-corrected chi connectivity index (χ2v) is 6.57. The van der Waals surface area contributed by atoms with E-state index >= 15 is 0 Å². The zero-order chi connectivity index (χ0) is 13.9. The topological polar surface area (TPSA) is 9.23 Å². The lowest BCUT2D eigenvalue weighted by atomic mass is 9.82. The Hall–Kier alpha value is -0.110. The summed E-state index contributed by atoms with van der Waals surface area (Å²) in [5.41, 5.74) is 0.409. The number of thiocarbonyl (C=S) groups is 1. The molecule has 0 fully saturated rings. The van der Waals surface area contributed by atoms with Crippen molar-refractivity contribution in [1.82, 2.24) is 0 Å². The van der Waals surface area contributed by atoms with Gasteiger partial charge in [0.1, 0.15) is 0 Å². The predicted octanol–water partition coefficient (Wildman–Crippen LogP) is 5.91. The van der Waals surface area contributed by atoms with Gasteiger partial charge in [-0.05, 0) is 30.5 Å². The van der Waals surface area contributed by atoms with E-state index in [0.717, 1.165) is 17.9 Å². The van der Waals surface area contributed by atoms with Crippen LogP contribution in [0.1, 0.15) is 85.0 Å². The summed E-state index contributed by atoms with van der Waals surface area (Å²) in [6.45, 7) is 6.97. The molecule has 0 aromatic rings. The average molecular weight is 272 g/mol. The van der Waals surface area contributed by atoms with E-state index in [-0.39, 0.29) is 0 Å². The molecule has 2 heteroatoms. The molecule has 0 saturated heterocycles. The fourth-order valence-electron chi connectivity index (χ4n) is 2.23. The molecule has 1 nitrogen and oxygen atoms in total. The first-order chi connectivity index (χ1) is 8.52. The van der Waals surface area contributed by atoms with Crippen molar-refractivity contribution in [2.45, 2.75) is 85.0 Å². The standard InChI is InChI=1S/C16H32OS/c1-5-6-7-8-9-10-11-13-16(2,3)14-12-15(18)17-4/h5-14H2,1-4H3. The minimum Gasteiger partial charge on any atom is -0.490 e. The fraction of sp³-hybridized carbons (Fsp3) is 0.938. The van der Waals surface area contributed by atoms with Crippen molar-refractivity contribution >= 4 is 17.3 Å². The van der Waals surface area contributed by atoms with E-state index in [0.29, 0.717) is 5.41 Å². The van der Waals surface area contributed by atoms with Gasteiger partial charge in [-0.3, -0.25) is 0 Å². The van der Waals surface area contributed by atoms with Crippen molar-refractivity contribution in [1.29, 1.82) is 0 Å². The molecular weight excluding hydrogens is 240 g/mol. The van der Waals surface area contributed by atoms with E-state index in [1.54, 1.807) is 7.11 Å². The number of unbranched alkanes of at least 4 members (excludes halogenated alkanes) is 6. The van der Waals surface area contributed by atoms with Crippen molar-refractivity contribution in [2.75, 3.05) is 7.11 Å². The molecule has 0 saturated carbocycles. The van der Waals surface area contributed by atoms with E-state index in [4.69, 9.17) is 17.0 Å². The van der Waals surface area contributed by atoms with E-state index in [1.807, 2.05) is 0 Å². The quantitative estimate of drug-likeness (QED) is 0.342. The molecule has 0 aliphatic carbocycles. The molecule has 108 valence electrons. The van der Waals surface area contributed by atoms with Gasteiger partial charge in [-0.1, -0.05) is 65.7 Å². The lowest BCUT2D eigenvalue weighted by molar-refractivity contribution is 0.289. The van der Waals surface area contributed by atoms with Crippen LogP contribution in [0.4, 0.5) is 0 Å². The number of hydrogen-bond donors (Lipinski definition) is 0. The molecule has 0 bridgehead atoms. The summed E-state index contributed by atoms with van der Waals surface area (Å²) in [6.07, 6.45) is 13.1. The van der Waals surface area contributed by atoms with Gasteiger partial charge in [-0.25, -0.2) is 0 Å². The van der Waals surface area contributed by atoms with E-state index in [1.165, 1.54) is 51.4 Å². The van der Waals surface area contributed by atoms with Crippen LogP contribution in [0.15, 0.2) is 0 Å². The van der Waals surface area contributed by atoms with Crippen molar-refractivity contribution in [3.8, 4) is 0 Å². The van der Waals surface area contributed by atoms with Gasteiger partial charge in [-0.2, -0.15) is 0 Å². The molecule has 0 amide bonds.